The molecule has 3 heteroatoms. The molecule has 2 heterocycles. The Balaban J connectivity index is 1.89. The number of thiazole rings is 1. The van der Waals surface area contributed by atoms with Crippen LogP contribution in [0.25, 0.3) is 0 Å². The van der Waals surface area contributed by atoms with Crippen LogP contribution in [0, 0.1) is 0 Å². The summed E-state index contributed by atoms with van der Waals surface area (Å²) < 4.78 is 5.69. The Morgan fingerprint density at radius 2 is 2.50 bits per heavy atom. The van der Waals surface area contributed by atoms with E-state index >= 15 is 0 Å². The molecule has 0 radical (unpaired) electrons. The zero-order valence-electron chi connectivity index (χ0n) is 8.66. The van der Waals surface area contributed by atoms with Gasteiger partial charge in [-0.15, -0.1) is 11.3 Å². The molecule has 0 bridgehead atoms. The molecular formula is C11H17NOS. The van der Waals surface area contributed by atoms with E-state index in [1.54, 1.807) is 0 Å². The van der Waals surface area contributed by atoms with Crippen molar-refractivity contribution in [3.8, 4) is 0 Å². The first kappa shape index (κ1) is 10.1. The van der Waals surface area contributed by atoms with E-state index in [1.165, 1.54) is 29.1 Å². The van der Waals surface area contributed by atoms with Crippen LogP contribution in [0.4, 0.5) is 0 Å². The first-order valence-corrected chi connectivity index (χ1v) is 6.25. The number of hydrogen-bond donors (Lipinski definition) is 0. The van der Waals surface area contributed by atoms with Gasteiger partial charge >= 0.3 is 0 Å². The van der Waals surface area contributed by atoms with Crippen LogP contribution in [0.5, 0.6) is 0 Å². The smallest absolute Gasteiger partial charge is 0.0953 e. The highest BCUT2D eigenvalue weighted by Gasteiger charge is 2.15. The van der Waals surface area contributed by atoms with Crippen molar-refractivity contribution in [2.75, 3.05) is 6.61 Å². The summed E-state index contributed by atoms with van der Waals surface area (Å²) in [4.78, 5) is 5.80. The first-order chi connectivity index (χ1) is 6.88. The van der Waals surface area contributed by atoms with E-state index < -0.39 is 0 Å². The summed E-state index contributed by atoms with van der Waals surface area (Å²) in [6.45, 7) is 3.12. The summed E-state index contributed by atoms with van der Waals surface area (Å²) in [5.41, 5.74) is 0. The van der Waals surface area contributed by atoms with Crippen molar-refractivity contribution in [1.82, 2.24) is 4.98 Å². The standard InChI is InChI=1S/C11H17NOS/c1-2-10-8-12-11(14-10)7-9-5-3-4-6-13-9/h8-9H,2-7H2,1H3. The van der Waals surface area contributed by atoms with Gasteiger partial charge in [-0.3, -0.25) is 0 Å². The lowest BCUT2D eigenvalue weighted by Gasteiger charge is -2.21. The van der Waals surface area contributed by atoms with Gasteiger partial charge in [0.15, 0.2) is 0 Å². The number of aryl methyl sites for hydroxylation is 1. The molecule has 1 aromatic heterocycles. The Labute approximate surface area is 89.3 Å². The first-order valence-electron chi connectivity index (χ1n) is 5.43. The van der Waals surface area contributed by atoms with Gasteiger partial charge in [0, 0.05) is 24.1 Å². The average molecular weight is 211 g/mol. The van der Waals surface area contributed by atoms with Crippen molar-refractivity contribution < 1.29 is 4.74 Å². The summed E-state index contributed by atoms with van der Waals surface area (Å²) in [6, 6.07) is 0. The molecule has 0 N–H and O–H groups in total. The molecular weight excluding hydrogens is 194 g/mol. The Hall–Kier alpha value is -0.410. The van der Waals surface area contributed by atoms with Crippen LogP contribution in [-0.2, 0) is 17.6 Å². The molecule has 78 valence electrons. The van der Waals surface area contributed by atoms with Crippen LogP contribution < -0.4 is 0 Å². The predicted molar refractivity (Wildman–Crippen MR) is 58.8 cm³/mol. The van der Waals surface area contributed by atoms with E-state index in [1.807, 2.05) is 17.5 Å². The molecule has 1 aliphatic heterocycles. The largest absolute Gasteiger partial charge is 0.378 e. The number of ether oxygens (including phenoxy) is 1. The molecule has 0 saturated carbocycles. The minimum absolute atomic E-state index is 0.430. The molecule has 2 rings (SSSR count). The van der Waals surface area contributed by atoms with E-state index in [-0.39, 0.29) is 0 Å². The van der Waals surface area contributed by atoms with Crippen molar-refractivity contribution in [3.63, 3.8) is 0 Å². The van der Waals surface area contributed by atoms with E-state index in [2.05, 4.69) is 11.9 Å². The Kier molecular flexibility index (Phi) is 3.54. The van der Waals surface area contributed by atoms with Gasteiger partial charge in [0.05, 0.1) is 11.1 Å². The number of hydrogen-bond acceptors (Lipinski definition) is 3. The fourth-order valence-corrected chi connectivity index (χ4v) is 2.70. The van der Waals surface area contributed by atoms with Crippen molar-refractivity contribution in [2.24, 2.45) is 0 Å². The summed E-state index contributed by atoms with van der Waals surface area (Å²) in [5.74, 6) is 0. The molecule has 2 nitrogen and oxygen atoms in total. The lowest BCUT2D eigenvalue weighted by Crippen LogP contribution is -2.21. The predicted octanol–water partition coefficient (Wildman–Crippen LogP) is 2.82. The number of aromatic nitrogens is 1. The van der Waals surface area contributed by atoms with Crippen LogP contribution in [0.1, 0.15) is 36.1 Å². The quantitative estimate of drug-likeness (QED) is 0.767. The molecule has 1 aromatic rings. The molecule has 0 amide bonds. The lowest BCUT2D eigenvalue weighted by atomic mass is 10.1. The zero-order chi connectivity index (χ0) is 9.80. The molecule has 1 saturated heterocycles. The summed E-state index contributed by atoms with van der Waals surface area (Å²) in [6.07, 6.45) is 8.31. The molecule has 0 aromatic carbocycles. The minimum atomic E-state index is 0.430. The summed E-state index contributed by atoms with van der Waals surface area (Å²) in [7, 11) is 0. The van der Waals surface area contributed by atoms with E-state index in [9.17, 15) is 0 Å². The highest BCUT2D eigenvalue weighted by atomic mass is 32.1. The topological polar surface area (TPSA) is 22.1 Å². The van der Waals surface area contributed by atoms with Crippen LogP contribution >= 0.6 is 11.3 Å². The average Bonchev–Trinajstić information content (AvgIpc) is 2.67. The fourth-order valence-electron chi connectivity index (χ4n) is 1.77. The lowest BCUT2D eigenvalue weighted by molar-refractivity contribution is 0.0168. The zero-order valence-corrected chi connectivity index (χ0v) is 9.48. The third kappa shape index (κ3) is 2.55. The van der Waals surface area contributed by atoms with Crippen LogP contribution in [-0.4, -0.2) is 17.7 Å². The third-order valence-corrected chi connectivity index (χ3v) is 3.79. The monoisotopic (exact) mass is 211 g/mol. The Morgan fingerprint density at radius 3 is 3.14 bits per heavy atom. The number of rotatable bonds is 3. The van der Waals surface area contributed by atoms with Crippen molar-refractivity contribution >= 4 is 11.3 Å². The minimum Gasteiger partial charge on any atom is -0.378 e. The normalized spacial score (nSPS) is 22.5. The van der Waals surface area contributed by atoms with Gasteiger partial charge in [-0.25, -0.2) is 4.98 Å². The highest BCUT2D eigenvalue weighted by molar-refractivity contribution is 7.11. The molecule has 1 atom stereocenters. The Morgan fingerprint density at radius 1 is 1.57 bits per heavy atom. The maximum Gasteiger partial charge on any atom is 0.0953 e. The fraction of sp³-hybridized carbons (Fsp3) is 0.727. The van der Waals surface area contributed by atoms with Gasteiger partial charge in [0.1, 0.15) is 0 Å². The molecule has 0 spiro atoms. The second-order valence-corrected chi connectivity index (χ2v) is 4.97. The van der Waals surface area contributed by atoms with E-state index in [4.69, 9.17) is 4.74 Å². The molecule has 1 aliphatic rings. The van der Waals surface area contributed by atoms with Gasteiger partial charge in [-0.1, -0.05) is 6.92 Å². The maximum absolute atomic E-state index is 5.69. The van der Waals surface area contributed by atoms with Crippen molar-refractivity contribution in [3.05, 3.63) is 16.1 Å². The second-order valence-electron chi connectivity index (χ2n) is 3.77. The number of nitrogens with zero attached hydrogens (tertiary/aromatic N) is 1. The molecule has 1 fully saturated rings. The SMILES string of the molecule is CCc1cnc(CC2CCCCO2)s1. The summed E-state index contributed by atoms with van der Waals surface area (Å²) >= 11 is 1.84. The van der Waals surface area contributed by atoms with Gasteiger partial charge in [0.25, 0.3) is 0 Å². The molecule has 1 unspecified atom stereocenters. The van der Waals surface area contributed by atoms with Gasteiger partial charge in [0.2, 0.25) is 0 Å². The van der Waals surface area contributed by atoms with Crippen LogP contribution in [0.2, 0.25) is 0 Å². The second kappa shape index (κ2) is 4.89. The van der Waals surface area contributed by atoms with E-state index in [0.29, 0.717) is 6.10 Å². The maximum atomic E-state index is 5.69. The van der Waals surface area contributed by atoms with Gasteiger partial charge in [-0.05, 0) is 25.7 Å². The van der Waals surface area contributed by atoms with Gasteiger partial charge in [-0.2, -0.15) is 0 Å². The highest BCUT2D eigenvalue weighted by Crippen LogP contribution is 2.20. The Bertz CT molecular complexity index is 279. The van der Waals surface area contributed by atoms with E-state index in [0.717, 1.165) is 19.4 Å². The molecule has 0 aliphatic carbocycles. The van der Waals surface area contributed by atoms with Crippen LogP contribution in [0.15, 0.2) is 6.20 Å². The van der Waals surface area contributed by atoms with Crippen molar-refractivity contribution in [2.45, 2.75) is 45.1 Å². The molecule has 14 heavy (non-hydrogen) atoms. The summed E-state index contributed by atoms with van der Waals surface area (Å²) in [5, 5.41) is 1.24. The third-order valence-electron chi connectivity index (χ3n) is 2.63. The van der Waals surface area contributed by atoms with Crippen molar-refractivity contribution in [1.29, 1.82) is 0 Å². The van der Waals surface area contributed by atoms with Gasteiger partial charge < -0.3 is 4.74 Å². The van der Waals surface area contributed by atoms with Crippen LogP contribution in [0.3, 0.4) is 0 Å².